The van der Waals surface area contributed by atoms with E-state index in [1.807, 2.05) is 6.07 Å². The molecule has 4 aromatic carbocycles. The van der Waals surface area contributed by atoms with Gasteiger partial charge in [-0.25, -0.2) is 4.79 Å². The zero-order chi connectivity index (χ0) is 33.8. The molecule has 4 aliphatic rings. The van der Waals surface area contributed by atoms with E-state index < -0.39 is 17.5 Å². The Balaban J connectivity index is 1.08. The third-order valence-electron chi connectivity index (χ3n) is 11.1. The highest BCUT2D eigenvalue weighted by atomic mass is 32.1. The number of thiophene rings is 1. The van der Waals surface area contributed by atoms with Crippen LogP contribution in [0, 0.1) is 0 Å². The number of fused-ring (bicyclic) bond motifs is 7. The van der Waals surface area contributed by atoms with Gasteiger partial charge in [-0.1, -0.05) is 56.7 Å². The number of methoxy groups -OCH3 is 1. The smallest absolute Gasteiger partial charge is 0.335 e. The van der Waals surface area contributed by atoms with Gasteiger partial charge in [-0.15, -0.1) is 11.3 Å². The Hall–Kier alpha value is -5.27. The topological polar surface area (TPSA) is 83.9 Å². The van der Waals surface area contributed by atoms with Crippen molar-refractivity contribution in [3.63, 3.8) is 0 Å². The number of anilines is 2. The fraction of sp³-hybridized carbons (Fsp3) is 0.214. The lowest BCUT2D eigenvalue weighted by Gasteiger charge is -2.28. The van der Waals surface area contributed by atoms with Gasteiger partial charge in [-0.05, 0) is 101 Å². The fourth-order valence-electron chi connectivity index (χ4n) is 8.71. The summed E-state index contributed by atoms with van der Waals surface area (Å²) in [5, 5.41) is 9.38. The van der Waals surface area contributed by atoms with E-state index in [1.54, 1.807) is 13.2 Å². The fourth-order valence-corrected chi connectivity index (χ4v) is 9.78. The van der Waals surface area contributed by atoms with Gasteiger partial charge in [0.1, 0.15) is 5.75 Å². The number of hydrogen-bond donors (Lipinski definition) is 1. The number of carbonyl (C=O) groups excluding carboxylic acids is 2. The highest BCUT2D eigenvalue weighted by molar-refractivity contribution is 7.16. The maximum absolute atomic E-state index is 13.3. The van der Waals surface area contributed by atoms with Crippen molar-refractivity contribution >= 4 is 46.3 Å². The van der Waals surface area contributed by atoms with Crippen LogP contribution in [0.15, 0.2) is 90.5 Å². The molecule has 2 atom stereocenters. The first kappa shape index (κ1) is 29.8. The molecule has 0 bridgehead atoms. The summed E-state index contributed by atoms with van der Waals surface area (Å²) in [6.07, 6.45) is 5.08. The van der Waals surface area contributed by atoms with Crippen LogP contribution in [0.4, 0.5) is 11.4 Å². The Morgan fingerprint density at radius 1 is 0.878 bits per heavy atom. The normalized spacial score (nSPS) is 20.3. The first-order chi connectivity index (χ1) is 23.7. The minimum atomic E-state index is -1.14. The molecule has 2 unspecified atom stereocenters. The number of carboxylic acids is 1. The highest BCUT2D eigenvalue weighted by Crippen LogP contribution is 2.56. The Morgan fingerprint density at radius 2 is 1.67 bits per heavy atom. The summed E-state index contributed by atoms with van der Waals surface area (Å²) in [6, 6.07) is 29.0. The molecule has 0 radical (unpaired) electrons. The molecule has 1 aliphatic heterocycles. The molecule has 3 aliphatic carbocycles. The second kappa shape index (κ2) is 10.6. The van der Waals surface area contributed by atoms with Gasteiger partial charge in [0, 0.05) is 44.8 Å². The predicted molar refractivity (Wildman–Crippen MR) is 193 cm³/mol. The average Bonchev–Trinajstić information content (AvgIpc) is 3.90. The van der Waals surface area contributed by atoms with E-state index in [0.717, 1.165) is 23.3 Å². The van der Waals surface area contributed by atoms with Gasteiger partial charge >= 0.3 is 5.97 Å². The first-order valence-corrected chi connectivity index (χ1v) is 17.5. The predicted octanol–water partition coefficient (Wildman–Crippen LogP) is 9.68. The highest BCUT2D eigenvalue weighted by Gasteiger charge is 2.43. The summed E-state index contributed by atoms with van der Waals surface area (Å²) in [6.45, 7) is 4.63. The maximum atomic E-state index is 13.3. The van der Waals surface area contributed by atoms with E-state index in [2.05, 4.69) is 79.4 Å². The van der Waals surface area contributed by atoms with Gasteiger partial charge in [-0.3, -0.25) is 9.59 Å². The van der Waals surface area contributed by atoms with E-state index in [9.17, 15) is 19.5 Å². The van der Waals surface area contributed by atoms with Gasteiger partial charge in [0.2, 0.25) is 0 Å². The molecule has 1 saturated carbocycles. The van der Waals surface area contributed by atoms with Gasteiger partial charge < -0.3 is 14.7 Å². The molecule has 6 nitrogen and oxygen atoms in total. The minimum Gasteiger partial charge on any atom is -0.495 e. The third kappa shape index (κ3) is 4.28. The van der Waals surface area contributed by atoms with Crippen molar-refractivity contribution in [2.75, 3.05) is 12.0 Å². The van der Waals surface area contributed by atoms with Crippen molar-refractivity contribution < 1.29 is 24.2 Å². The molecule has 7 heteroatoms. The van der Waals surface area contributed by atoms with Crippen molar-refractivity contribution in [2.45, 2.75) is 50.5 Å². The van der Waals surface area contributed by atoms with Gasteiger partial charge in [0.15, 0.2) is 11.6 Å². The molecule has 5 aromatic rings. The summed E-state index contributed by atoms with van der Waals surface area (Å²) < 4.78 is 5.73. The van der Waals surface area contributed by atoms with Crippen molar-refractivity contribution in [3.8, 4) is 27.3 Å². The Labute approximate surface area is 288 Å². The van der Waals surface area contributed by atoms with Crippen LogP contribution < -0.4 is 9.64 Å². The zero-order valence-electron chi connectivity index (χ0n) is 27.4. The molecule has 2 heterocycles. The van der Waals surface area contributed by atoms with Crippen molar-refractivity contribution in [2.24, 2.45) is 0 Å². The van der Waals surface area contributed by atoms with E-state index in [1.165, 1.54) is 75.1 Å². The van der Waals surface area contributed by atoms with Crippen molar-refractivity contribution in [1.29, 1.82) is 0 Å². The van der Waals surface area contributed by atoms with Crippen molar-refractivity contribution in [1.82, 2.24) is 0 Å². The lowest BCUT2D eigenvalue weighted by Crippen LogP contribution is -2.26. The second-order valence-electron chi connectivity index (χ2n) is 14.0. The summed E-state index contributed by atoms with van der Waals surface area (Å²) in [4.78, 5) is 42.2. The number of nitrogens with zero attached hydrogens (tertiary/aromatic N) is 1. The maximum Gasteiger partial charge on any atom is 0.335 e. The Morgan fingerprint density at radius 3 is 2.49 bits per heavy atom. The molecular formula is C42H33NO5S. The third-order valence-corrected chi connectivity index (χ3v) is 12.2. The summed E-state index contributed by atoms with van der Waals surface area (Å²) in [7, 11) is 1.58. The van der Waals surface area contributed by atoms with Gasteiger partial charge in [0.25, 0.3) is 0 Å². The Bertz CT molecular complexity index is 2330. The number of ketones is 2. The van der Waals surface area contributed by atoms with Gasteiger partial charge in [-0.2, -0.15) is 0 Å². The number of aromatic carboxylic acids is 1. The quantitative estimate of drug-likeness (QED) is 0.149. The lowest BCUT2D eigenvalue weighted by molar-refractivity contribution is 0.0696. The first-order valence-electron chi connectivity index (χ1n) is 16.7. The van der Waals surface area contributed by atoms with Crippen LogP contribution in [0.5, 0.6) is 5.75 Å². The van der Waals surface area contributed by atoms with Crippen LogP contribution in [-0.2, 0) is 5.41 Å². The molecule has 0 saturated heterocycles. The number of benzene rings is 4. The molecule has 0 amide bonds. The van der Waals surface area contributed by atoms with Crippen LogP contribution in [0.3, 0.4) is 0 Å². The molecule has 1 N–H and O–H groups in total. The van der Waals surface area contributed by atoms with Crippen LogP contribution in [-0.4, -0.2) is 35.8 Å². The lowest BCUT2D eigenvalue weighted by atomic mass is 9.82. The summed E-state index contributed by atoms with van der Waals surface area (Å²) in [5.41, 5.74) is 10.7. The van der Waals surface area contributed by atoms with Crippen LogP contribution in [0.1, 0.15) is 91.7 Å². The minimum absolute atomic E-state index is 0.0167. The number of carbonyl (C=O) groups is 3. The summed E-state index contributed by atoms with van der Waals surface area (Å²) >= 11 is 1.48. The monoisotopic (exact) mass is 663 g/mol. The molecular weight excluding hydrogens is 631 g/mol. The number of carboxylic acid groups (broad SMARTS) is 1. The molecule has 1 aromatic heterocycles. The number of allylic oxidation sites excluding steroid dienone is 1. The number of hydrogen-bond acceptors (Lipinski definition) is 6. The zero-order valence-corrected chi connectivity index (χ0v) is 28.2. The molecule has 49 heavy (non-hydrogen) atoms. The number of Topliss-reactive ketones (excluding diaryl/α,β-unsaturated/α-hetero) is 2. The van der Waals surface area contributed by atoms with E-state index >= 15 is 0 Å². The Kier molecular flexibility index (Phi) is 6.46. The molecule has 242 valence electrons. The van der Waals surface area contributed by atoms with Crippen LogP contribution in [0.25, 0.3) is 27.6 Å². The second-order valence-corrected chi connectivity index (χ2v) is 15.1. The average molecular weight is 664 g/mol. The van der Waals surface area contributed by atoms with Crippen molar-refractivity contribution in [3.05, 3.63) is 129 Å². The standard InChI is InChI=1S/C42H33NO5S/c1-42(2)32-9-5-4-7-25(32)28-19-24(13-15-33(28)42)43-34-10-6-8-26(34)29-17-22(12-16-35(29)43)37-21-36(48-3)38(49-37)20-31-39(44)27-14-11-23(41(46)47)18-30(27)40(31)45/h4-5,7,9,11-21,26,34H,6,8,10H2,1-3H3,(H,46,47)/b31-20+. The SMILES string of the molecule is COc1cc(-c2ccc3c(c2)C2CCCC2N3c2ccc3c(c2)-c2ccccc2C3(C)C)sc1/C=C1\C(=O)c2ccc(C(=O)O)cc2C1=O. The van der Waals surface area contributed by atoms with E-state index in [4.69, 9.17) is 4.74 Å². The largest absolute Gasteiger partial charge is 0.495 e. The molecule has 0 spiro atoms. The van der Waals surface area contributed by atoms with Crippen LogP contribution in [0.2, 0.25) is 0 Å². The van der Waals surface area contributed by atoms with Gasteiger partial charge in [0.05, 0.1) is 23.1 Å². The number of ether oxygens (including phenoxy) is 1. The van der Waals surface area contributed by atoms with Crippen LogP contribution >= 0.6 is 11.3 Å². The summed E-state index contributed by atoms with van der Waals surface area (Å²) in [5.74, 6) is -0.995. The molecule has 9 rings (SSSR count). The van der Waals surface area contributed by atoms with E-state index in [-0.39, 0.29) is 27.7 Å². The number of rotatable bonds is 5. The molecule has 1 fully saturated rings. The van der Waals surface area contributed by atoms with E-state index in [0.29, 0.717) is 22.6 Å².